The first-order valence-electron chi connectivity index (χ1n) is 5.99. The summed E-state index contributed by atoms with van der Waals surface area (Å²) in [6.45, 7) is 7.86. The van der Waals surface area contributed by atoms with Gasteiger partial charge in [-0.25, -0.2) is 4.39 Å². The Balaban J connectivity index is 2.51. The van der Waals surface area contributed by atoms with Crippen LogP contribution in [0.2, 0.25) is 0 Å². The van der Waals surface area contributed by atoms with Crippen LogP contribution in [0.25, 0.3) is 0 Å². The van der Waals surface area contributed by atoms with Gasteiger partial charge in [-0.2, -0.15) is 0 Å². The Morgan fingerprint density at radius 2 is 2.00 bits per heavy atom. The van der Waals surface area contributed by atoms with Crippen LogP contribution in [0, 0.1) is 5.82 Å². The normalized spacial score (nSPS) is 10.4. The average molecular weight is 224 g/mol. The number of rotatable bonds is 7. The summed E-state index contributed by atoms with van der Waals surface area (Å²) in [5.74, 6) is -0.132. The van der Waals surface area contributed by atoms with Crippen LogP contribution in [0.4, 0.5) is 10.1 Å². The number of nitrogens with one attached hydrogen (secondary N) is 1. The summed E-state index contributed by atoms with van der Waals surface area (Å²) in [5, 5.41) is 3.27. The van der Waals surface area contributed by atoms with Crippen molar-refractivity contribution in [1.29, 1.82) is 0 Å². The molecule has 0 bridgehead atoms. The van der Waals surface area contributed by atoms with Gasteiger partial charge in [0.2, 0.25) is 0 Å². The van der Waals surface area contributed by atoms with Crippen molar-refractivity contribution in [1.82, 2.24) is 5.32 Å². The highest BCUT2D eigenvalue weighted by molar-refractivity contribution is 5.47. The molecule has 3 heteroatoms. The van der Waals surface area contributed by atoms with Crippen LogP contribution in [0.5, 0.6) is 0 Å². The molecule has 1 aromatic rings. The molecule has 16 heavy (non-hydrogen) atoms. The summed E-state index contributed by atoms with van der Waals surface area (Å²) in [7, 11) is 0. The van der Waals surface area contributed by atoms with Crippen molar-refractivity contribution in [2.24, 2.45) is 0 Å². The highest BCUT2D eigenvalue weighted by Gasteiger charge is 2.07. The average Bonchev–Trinajstić information content (AvgIpc) is 2.31. The molecule has 0 aromatic heterocycles. The molecule has 1 N–H and O–H groups in total. The molecule has 90 valence electrons. The van der Waals surface area contributed by atoms with E-state index in [4.69, 9.17) is 0 Å². The molecule has 0 amide bonds. The van der Waals surface area contributed by atoms with Gasteiger partial charge >= 0.3 is 0 Å². The third kappa shape index (κ3) is 3.81. The topological polar surface area (TPSA) is 15.3 Å². The van der Waals surface area contributed by atoms with E-state index in [0.717, 1.165) is 32.6 Å². The van der Waals surface area contributed by atoms with Crippen molar-refractivity contribution < 1.29 is 4.39 Å². The van der Waals surface area contributed by atoms with E-state index in [0.29, 0.717) is 5.69 Å². The first-order chi connectivity index (χ1) is 7.79. The highest BCUT2D eigenvalue weighted by atomic mass is 19.1. The van der Waals surface area contributed by atoms with Gasteiger partial charge in [-0.1, -0.05) is 19.1 Å². The second kappa shape index (κ2) is 7.23. The molecular weight excluding hydrogens is 203 g/mol. The summed E-state index contributed by atoms with van der Waals surface area (Å²) in [5.41, 5.74) is 0.710. The van der Waals surface area contributed by atoms with Gasteiger partial charge in [0.15, 0.2) is 0 Å². The van der Waals surface area contributed by atoms with Crippen LogP contribution in [0.15, 0.2) is 24.3 Å². The minimum absolute atomic E-state index is 0.132. The van der Waals surface area contributed by atoms with Gasteiger partial charge < -0.3 is 10.2 Å². The molecule has 0 aliphatic heterocycles. The zero-order chi connectivity index (χ0) is 11.8. The maximum Gasteiger partial charge on any atom is 0.146 e. The van der Waals surface area contributed by atoms with Gasteiger partial charge in [-0.3, -0.25) is 0 Å². The van der Waals surface area contributed by atoms with E-state index in [1.54, 1.807) is 6.07 Å². The van der Waals surface area contributed by atoms with Gasteiger partial charge in [0.05, 0.1) is 5.69 Å². The molecule has 0 aliphatic carbocycles. The molecule has 0 heterocycles. The molecule has 0 fully saturated rings. The Bertz CT molecular complexity index is 302. The molecule has 0 saturated carbocycles. The fourth-order valence-corrected chi connectivity index (χ4v) is 1.73. The van der Waals surface area contributed by atoms with Crippen molar-refractivity contribution in [3.8, 4) is 0 Å². The van der Waals surface area contributed by atoms with E-state index >= 15 is 0 Å². The maximum atomic E-state index is 13.5. The van der Waals surface area contributed by atoms with E-state index in [-0.39, 0.29) is 5.82 Å². The quantitative estimate of drug-likeness (QED) is 0.716. The predicted octanol–water partition coefficient (Wildman–Crippen LogP) is 2.65. The lowest BCUT2D eigenvalue weighted by Crippen LogP contribution is -2.27. The molecule has 0 atom stereocenters. The Morgan fingerprint density at radius 3 is 2.62 bits per heavy atom. The zero-order valence-corrected chi connectivity index (χ0v) is 10.2. The van der Waals surface area contributed by atoms with Gasteiger partial charge in [-0.15, -0.1) is 0 Å². The van der Waals surface area contributed by atoms with Gasteiger partial charge in [-0.05, 0) is 38.6 Å². The van der Waals surface area contributed by atoms with Crippen molar-refractivity contribution in [3.05, 3.63) is 30.1 Å². The second-order valence-corrected chi connectivity index (χ2v) is 3.74. The standard InChI is InChI=1S/C13H21FN2/c1-3-15-10-7-11-16(4-2)13-9-6-5-8-12(13)14/h5-6,8-9,15H,3-4,7,10-11H2,1-2H3. The van der Waals surface area contributed by atoms with Crippen LogP contribution in [0.3, 0.4) is 0 Å². The number of hydrogen-bond acceptors (Lipinski definition) is 2. The predicted molar refractivity (Wildman–Crippen MR) is 67.4 cm³/mol. The lowest BCUT2D eigenvalue weighted by Gasteiger charge is -2.23. The van der Waals surface area contributed by atoms with Crippen LogP contribution in [0.1, 0.15) is 20.3 Å². The lowest BCUT2D eigenvalue weighted by atomic mass is 10.2. The maximum absolute atomic E-state index is 13.5. The van der Waals surface area contributed by atoms with Gasteiger partial charge in [0.1, 0.15) is 5.82 Å². The van der Waals surface area contributed by atoms with Crippen molar-refractivity contribution in [3.63, 3.8) is 0 Å². The minimum Gasteiger partial charge on any atom is -0.369 e. The van der Waals surface area contributed by atoms with E-state index in [9.17, 15) is 4.39 Å². The van der Waals surface area contributed by atoms with Crippen LogP contribution >= 0.6 is 0 Å². The van der Waals surface area contributed by atoms with Crippen LogP contribution in [-0.2, 0) is 0 Å². The summed E-state index contributed by atoms with van der Waals surface area (Å²) < 4.78 is 13.5. The van der Waals surface area contributed by atoms with Crippen molar-refractivity contribution in [2.75, 3.05) is 31.1 Å². The van der Waals surface area contributed by atoms with Crippen molar-refractivity contribution in [2.45, 2.75) is 20.3 Å². The van der Waals surface area contributed by atoms with E-state index < -0.39 is 0 Å². The Hall–Kier alpha value is -1.09. The minimum atomic E-state index is -0.132. The third-order valence-electron chi connectivity index (χ3n) is 2.61. The number of anilines is 1. The molecule has 2 nitrogen and oxygen atoms in total. The molecule has 0 saturated heterocycles. The first-order valence-corrected chi connectivity index (χ1v) is 5.99. The molecule has 0 spiro atoms. The molecule has 0 unspecified atom stereocenters. The molecule has 1 aromatic carbocycles. The van der Waals surface area contributed by atoms with E-state index in [2.05, 4.69) is 24.1 Å². The number of para-hydroxylation sites is 1. The Morgan fingerprint density at radius 1 is 1.25 bits per heavy atom. The first kappa shape index (κ1) is 13.0. The SMILES string of the molecule is CCNCCCN(CC)c1ccccc1F. The lowest BCUT2D eigenvalue weighted by molar-refractivity contribution is 0.608. The zero-order valence-electron chi connectivity index (χ0n) is 10.2. The summed E-state index contributed by atoms with van der Waals surface area (Å²) in [4.78, 5) is 2.08. The third-order valence-corrected chi connectivity index (χ3v) is 2.61. The number of nitrogens with zero attached hydrogens (tertiary/aromatic N) is 1. The highest BCUT2D eigenvalue weighted by Crippen LogP contribution is 2.18. The van der Waals surface area contributed by atoms with Gasteiger partial charge in [0, 0.05) is 13.1 Å². The monoisotopic (exact) mass is 224 g/mol. The fraction of sp³-hybridized carbons (Fsp3) is 0.538. The largest absolute Gasteiger partial charge is 0.369 e. The Labute approximate surface area is 97.5 Å². The summed E-state index contributed by atoms with van der Waals surface area (Å²) >= 11 is 0. The number of hydrogen-bond donors (Lipinski definition) is 1. The second-order valence-electron chi connectivity index (χ2n) is 3.74. The Kier molecular flexibility index (Phi) is 5.86. The molecule has 0 aliphatic rings. The molecule has 1 rings (SSSR count). The molecule has 0 radical (unpaired) electrons. The van der Waals surface area contributed by atoms with E-state index in [1.807, 2.05) is 12.1 Å². The smallest absolute Gasteiger partial charge is 0.146 e. The molecular formula is C13H21FN2. The summed E-state index contributed by atoms with van der Waals surface area (Å²) in [6, 6.07) is 6.96. The van der Waals surface area contributed by atoms with Crippen LogP contribution < -0.4 is 10.2 Å². The van der Waals surface area contributed by atoms with Gasteiger partial charge in [0.25, 0.3) is 0 Å². The fourth-order valence-electron chi connectivity index (χ4n) is 1.73. The number of halogens is 1. The summed E-state index contributed by atoms with van der Waals surface area (Å²) in [6.07, 6.45) is 1.04. The van der Waals surface area contributed by atoms with Crippen molar-refractivity contribution >= 4 is 5.69 Å². The van der Waals surface area contributed by atoms with E-state index in [1.165, 1.54) is 6.07 Å². The van der Waals surface area contributed by atoms with Crippen LogP contribution in [-0.4, -0.2) is 26.2 Å². The number of benzene rings is 1.